The molecule has 0 unspecified atom stereocenters. The van der Waals surface area contributed by atoms with Crippen LogP contribution in [0.4, 0.5) is 14.9 Å². The van der Waals surface area contributed by atoms with E-state index in [4.69, 9.17) is 9.47 Å². The Morgan fingerprint density at radius 2 is 1.73 bits per heavy atom. The number of thioether (sulfide) groups is 1. The SMILES string of the molecule is CCOc1cc(/C=C2\SC(=O)N(CC(=O)Nc3cccc4ccccc34)C2=O)ccc1OCc1ccc(F)cc1. The van der Waals surface area contributed by atoms with Crippen molar-refractivity contribution in [1.29, 1.82) is 0 Å². The number of ether oxygens (including phenoxy) is 2. The second kappa shape index (κ2) is 12.0. The predicted octanol–water partition coefficient (Wildman–Crippen LogP) is 6.63. The lowest BCUT2D eigenvalue weighted by Gasteiger charge is -2.14. The van der Waals surface area contributed by atoms with E-state index in [0.29, 0.717) is 29.4 Å². The predicted molar refractivity (Wildman–Crippen MR) is 154 cm³/mol. The van der Waals surface area contributed by atoms with Crippen LogP contribution < -0.4 is 14.8 Å². The number of nitrogens with one attached hydrogen (secondary N) is 1. The standard InChI is InChI=1S/C31H25FN2O5S/c1-2-38-27-16-21(12-15-26(27)39-19-20-10-13-23(32)14-11-20)17-28-30(36)34(31(37)40-28)18-29(35)33-25-9-5-7-22-6-3-4-8-24(22)25/h3-17H,2,18-19H2,1H3,(H,33,35)/b28-17-. The Kier molecular flexibility index (Phi) is 8.12. The Morgan fingerprint density at radius 3 is 2.52 bits per heavy atom. The first-order valence-electron chi connectivity index (χ1n) is 12.6. The third-order valence-electron chi connectivity index (χ3n) is 6.11. The number of hydrogen-bond donors (Lipinski definition) is 1. The summed E-state index contributed by atoms with van der Waals surface area (Å²) in [6.07, 6.45) is 1.58. The Balaban J connectivity index is 1.27. The van der Waals surface area contributed by atoms with Crippen molar-refractivity contribution in [2.45, 2.75) is 13.5 Å². The zero-order valence-corrected chi connectivity index (χ0v) is 22.4. The monoisotopic (exact) mass is 556 g/mol. The van der Waals surface area contributed by atoms with Crippen LogP contribution in [-0.4, -0.2) is 35.1 Å². The Bertz CT molecular complexity index is 1610. The molecule has 1 fully saturated rings. The van der Waals surface area contributed by atoms with E-state index in [1.165, 1.54) is 12.1 Å². The summed E-state index contributed by atoms with van der Waals surface area (Å²) in [5.41, 5.74) is 2.03. The second-order valence-electron chi connectivity index (χ2n) is 8.90. The van der Waals surface area contributed by atoms with Gasteiger partial charge >= 0.3 is 0 Å². The van der Waals surface area contributed by atoms with Gasteiger partial charge in [-0.25, -0.2) is 4.39 Å². The number of hydrogen-bond acceptors (Lipinski definition) is 6. The molecule has 4 aromatic carbocycles. The molecule has 0 radical (unpaired) electrons. The molecule has 0 spiro atoms. The minimum absolute atomic E-state index is 0.199. The number of rotatable bonds is 9. The molecule has 3 amide bonds. The van der Waals surface area contributed by atoms with Gasteiger partial charge in [-0.1, -0.05) is 54.6 Å². The van der Waals surface area contributed by atoms with Gasteiger partial charge in [0.05, 0.1) is 11.5 Å². The molecule has 9 heteroatoms. The molecule has 40 heavy (non-hydrogen) atoms. The summed E-state index contributed by atoms with van der Waals surface area (Å²) in [6, 6.07) is 24.3. The summed E-state index contributed by atoms with van der Waals surface area (Å²) < 4.78 is 24.8. The fourth-order valence-corrected chi connectivity index (χ4v) is 5.04. The number of amides is 3. The number of imide groups is 1. The van der Waals surface area contributed by atoms with Gasteiger partial charge in [-0.05, 0) is 71.6 Å². The highest BCUT2D eigenvalue weighted by atomic mass is 32.2. The molecule has 7 nitrogen and oxygen atoms in total. The van der Waals surface area contributed by atoms with E-state index < -0.39 is 23.6 Å². The molecule has 1 heterocycles. The second-order valence-corrected chi connectivity index (χ2v) is 9.89. The summed E-state index contributed by atoms with van der Waals surface area (Å²) >= 11 is 0.775. The summed E-state index contributed by atoms with van der Waals surface area (Å²) in [5, 5.41) is 4.12. The highest BCUT2D eigenvalue weighted by molar-refractivity contribution is 8.18. The first kappa shape index (κ1) is 27.0. The van der Waals surface area contributed by atoms with Crippen molar-refractivity contribution in [3.8, 4) is 11.5 Å². The first-order valence-corrected chi connectivity index (χ1v) is 13.4. The zero-order chi connectivity index (χ0) is 28.1. The zero-order valence-electron chi connectivity index (χ0n) is 21.6. The van der Waals surface area contributed by atoms with Crippen LogP contribution in [0.1, 0.15) is 18.1 Å². The lowest BCUT2D eigenvalue weighted by molar-refractivity contribution is -0.127. The van der Waals surface area contributed by atoms with Gasteiger partial charge in [0.15, 0.2) is 11.5 Å². The van der Waals surface area contributed by atoms with Gasteiger partial charge in [0.2, 0.25) is 5.91 Å². The minimum atomic E-state index is -0.544. The molecule has 5 rings (SSSR count). The van der Waals surface area contributed by atoms with Gasteiger partial charge in [-0.2, -0.15) is 0 Å². The lowest BCUT2D eigenvalue weighted by atomic mass is 10.1. The van der Waals surface area contributed by atoms with Crippen LogP contribution in [0.2, 0.25) is 0 Å². The molecule has 0 bridgehead atoms. The van der Waals surface area contributed by atoms with Crippen molar-refractivity contribution in [3.63, 3.8) is 0 Å². The van der Waals surface area contributed by atoms with Crippen molar-refractivity contribution < 1.29 is 28.2 Å². The van der Waals surface area contributed by atoms with Crippen LogP contribution in [0, 0.1) is 5.82 Å². The van der Waals surface area contributed by atoms with Crippen LogP contribution in [0.25, 0.3) is 16.8 Å². The van der Waals surface area contributed by atoms with Crippen molar-refractivity contribution in [2.24, 2.45) is 0 Å². The van der Waals surface area contributed by atoms with Gasteiger partial charge in [0.1, 0.15) is 19.0 Å². The molecule has 0 aromatic heterocycles. The quantitative estimate of drug-likeness (QED) is 0.233. The third kappa shape index (κ3) is 6.16. The molecule has 0 atom stereocenters. The molecule has 0 aliphatic carbocycles. The average Bonchev–Trinajstić information content (AvgIpc) is 3.21. The van der Waals surface area contributed by atoms with E-state index in [2.05, 4.69) is 5.32 Å². The molecule has 202 valence electrons. The molecular formula is C31H25FN2O5S. The van der Waals surface area contributed by atoms with Crippen molar-refractivity contribution in [1.82, 2.24) is 4.90 Å². The van der Waals surface area contributed by atoms with Crippen LogP contribution in [0.3, 0.4) is 0 Å². The van der Waals surface area contributed by atoms with E-state index in [0.717, 1.165) is 33.0 Å². The third-order valence-corrected chi connectivity index (χ3v) is 7.02. The van der Waals surface area contributed by atoms with Gasteiger partial charge < -0.3 is 14.8 Å². The topological polar surface area (TPSA) is 84.9 Å². The van der Waals surface area contributed by atoms with Crippen LogP contribution >= 0.6 is 11.8 Å². The number of halogens is 1. The summed E-state index contributed by atoms with van der Waals surface area (Å²) in [7, 11) is 0. The van der Waals surface area contributed by atoms with Gasteiger partial charge in [0.25, 0.3) is 11.1 Å². The van der Waals surface area contributed by atoms with Crippen molar-refractivity contribution in [3.05, 3.63) is 107 Å². The highest BCUT2D eigenvalue weighted by Gasteiger charge is 2.36. The summed E-state index contributed by atoms with van der Waals surface area (Å²) in [4.78, 5) is 39.6. The normalized spacial score (nSPS) is 14.2. The van der Waals surface area contributed by atoms with Gasteiger partial charge in [0, 0.05) is 11.1 Å². The fraction of sp³-hybridized carbons (Fsp3) is 0.129. The van der Waals surface area contributed by atoms with Crippen molar-refractivity contribution >= 4 is 51.4 Å². The number of benzene rings is 4. The maximum Gasteiger partial charge on any atom is 0.294 e. The van der Waals surface area contributed by atoms with Crippen LogP contribution in [0.15, 0.2) is 89.8 Å². The molecular weight excluding hydrogens is 531 g/mol. The van der Waals surface area contributed by atoms with Crippen molar-refractivity contribution in [2.75, 3.05) is 18.5 Å². The lowest BCUT2D eigenvalue weighted by Crippen LogP contribution is -2.36. The number of fused-ring (bicyclic) bond motifs is 1. The Hall–Kier alpha value is -4.63. The number of carbonyl (C=O) groups is 3. The average molecular weight is 557 g/mol. The number of anilines is 1. The maximum absolute atomic E-state index is 13.2. The van der Waals surface area contributed by atoms with E-state index in [1.54, 1.807) is 42.5 Å². The van der Waals surface area contributed by atoms with E-state index in [1.807, 2.05) is 43.3 Å². The molecule has 1 aliphatic heterocycles. The molecule has 0 saturated carbocycles. The molecule has 4 aromatic rings. The number of nitrogens with zero attached hydrogens (tertiary/aromatic N) is 1. The maximum atomic E-state index is 13.2. The molecule has 1 saturated heterocycles. The largest absolute Gasteiger partial charge is 0.490 e. The van der Waals surface area contributed by atoms with Crippen LogP contribution in [0.5, 0.6) is 11.5 Å². The smallest absolute Gasteiger partial charge is 0.294 e. The van der Waals surface area contributed by atoms with E-state index >= 15 is 0 Å². The van der Waals surface area contributed by atoms with Gasteiger partial charge in [-0.15, -0.1) is 0 Å². The fourth-order valence-electron chi connectivity index (χ4n) is 4.20. The first-order chi connectivity index (χ1) is 19.4. The number of carbonyl (C=O) groups excluding carboxylic acids is 3. The molecule has 1 N–H and O–H groups in total. The van der Waals surface area contributed by atoms with Gasteiger partial charge in [-0.3, -0.25) is 19.3 Å². The van der Waals surface area contributed by atoms with E-state index in [9.17, 15) is 18.8 Å². The minimum Gasteiger partial charge on any atom is -0.490 e. The molecule has 1 aliphatic rings. The Morgan fingerprint density at radius 1 is 0.950 bits per heavy atom. The van der Waals surface area contributed by atoms with Crippen LogP contribution in [-0.2, 0) is 16.2 Å². The summed E-state index contributed by atoms with van der Waals surface area (Å²) in [6.45, 7) is 2.05. The summed E-state index contributed by atoms with van der Waals surface area (Å²) in [5.74, 6) is -0.384. The van der Waals surface area contributed by atoms with E-state index in [-0.39, 0.29) is 17.3 Å². The highest BCUT2D eigenvalue weighted by Crippen LogP contribution is 2.35. The Labute approximate surface area is 234 Å².